The average Bonchev–Trinajstić information content (AvgIpc) is 3.10. The number of carbonyl (C=O) groups is 1. The Labute approximate surface area is 121 Å². The Morgan fingerprint density at radius 1 is 1.67 bits per heavy atom. The Morgan fingerprint density at radius 2 is 2.38 bits per heavy atom. The third-order valence-electron chi connectivity index (χ3n) is 2.97. The first-order chi connectivity index (χ1) is 9.93. The summed E-state index contributed by atoms with van der Waals surface area (Å²) in [5.41, 5.74) is 0. The molecule has 1 aliphatic rings. The molecule has 0 radical (unpaired) electrons. The van der Waals surface area contributed by atoms with E-state index in [-0.39, 0.29) is 19.0 Å². The number of nitrogens with zero attached hydrogens (tertiary/aromatic N) is 3. The van der Waals surface area contributed by atoms with Gasteiger partial charge in [-0.1, -0.05) is 5.21 Å². The molecule has 3 atom stereocenters. The Balaban J connectivity index is 2.15. The molecule has 10 nitrogen and oxygen atoms in total. The number of nitrogens with one attached hydrogen (secondary N) is 1. The van der Waals surface area contributed by atoms with Crippen molar-refractivity contribution in [1.29, 1.82) is 0 Å². The van der Waals surface area contributed by atoms with E-state index in [0.29, 0.717) is 0 Å². The van der Waals surface area contributed by atoms with Gasteiger partial charge in [0.1, 0.15) is 10.8 Å². The zero-order valence-corrected chi connectivity index (χ0v) is 11.8. The summed E-state index contributed by atoms with van der Waals surface area (Å²) in [6.07, 6.45) is 4.36. The highest BCUT2D eigenvalue weighted by molar-refractivity contribution is 7.80. The maximum absolute atomic E-state index is 11.7. The molecule has 2 rings (SSSR count). The molecule has 21 heavy (non-hydrogen) atoms. The highest BCUT2D eigenvalue weighted by atomic mass is 32.2. The standard InChI is InChI=1S/C10H14N4O6S/c1-10(21(17)18,6-14-5-4-12-13-14)8(9(15)16)11-3-2-7-19-20-7/h2,4-5,8,11H,3,6H2,1H3,(H,15,16)(H,17,18)/t8-,10-/m0/s1. The van der Waals surface area contributed by atoms with Gasteiger partial charge in [-0.25, -0.2) is 14.0 Å². The van der Waals surface area contributed by atoms with Crippen LogP contribution in [0.4, 0.5) is 0 Å². The van der Waals surface area contributed by atoms with Crippen molar-refractivity contribution in [1.82, 2.24) is 20.3 Å². The fourth-order valence-electron chi connectivity index (χ4n) is 1.80. The minimum atomic E-state index is -2.42. The van der Waals surface area contributed by atoms with Crippen LogP contribution in [0.3, 0.4) is 0 Å². The van der Waals surface area contributed by atoms with Crippen molar-refractivity contribution in [3.05, 3.63) is 24.4 Å². The first kappa shape index (κ1) is 15.4. The first-order valence-corrected chi connectivity index (χ1v) is 7.00. The van der Waals surface area contributed by atoms with Crippen molar-refractivity contribution < 1.29 is 28.4 Å². The Kier molecular flexibility index (Phi) is 4.55. The van der Waals surface area contributed by atoms with Crippen LogP contribution in [-0.4, -0.2) is 52.2 Å². The summed E-state index contributed by atoms with van der Waals surface area (Å²) >= 11 is -2.42. The van der Waals surface area contributed by atoms with Crippen LogP contribution < -0.4 is 5.32 Å². The minimum absolute atomic E-state index is 0.0936. The van der Waals surface area contributed by atoms with E-state index in [0.717, 1.165) is 0 Å². The zero-order chi connectivity index (χ0) is 15.5. The molecule has 1 unspecified atom stereocenters. The smallest absolute Gasteiger partial charge is 0.376 e. The number of aliphatic carboxylic acids is 1. The predicted octanol–water partition coefficient (Wildman–Crippen LogP) is -0.895. The third kappa shape index (κ3) is 3.77. The lowest BCUT2D eigenvalue weighted by atomic mass is 10.0. The van der Waals surface area contributed by atoms with Crippen molar-refractivity contribution in [2.24, 2.45) is 0 Å². The van der Waals surface area contributed by atoms with Gasteiger partial charge in [0.05, 0.1) is 12.7 Å². The maximum atomic E-state index is 11.7. The monoisotopic (exact) mass is 318 g/mol. The van der Waals surface area contributed by atoms with Crippen LogP contribution in [0.15, 0.2) is 24.4 Å². The normalized spacial score (nSPS) is 18.9. The molecule has 2 heterocycles. The molecule has 3 N–H and O–H groups in total. The average molecular weight is 318 g/mol. The van der Waals surface area contributed by atoms with Crippen molar-refractivity contribution in [2.45, 2.75) is 24.3 Å². The van der Waals surface area contributed by atoms with Crippen molar-refractivity contribution in [2.75, 3.05) is 6.54 Å². The molecule has 1 saturated heterocycles. The number of hydrogen-bond acceptors (Lipinski definition) is 7. The van der Waals surface area contributed by atoms with Gasteiger partial charge in [-0.15, -0.1) is 5.10 Å². The van der Waals surface area contributed by atoms with E-state index in [1.54, 1.807) is 0 Å². The van der Waals surface area contributed by atoms with E-state index in [1.165, 1.54) is 30.1 Å². The van der Waals surface area contributed by atoms with E-state index >= 15 is 0 Å². The number of carboxylic acid groups (broad SMARTS) is 1. The van der Waals surface area contributed by atoms with Gasteiger partial charge in [0, 0.05) is 18.8 Å². The summed E-state index contributed by atoms with van der Waals surface area (Å²) in [5.74, 6) is -0.981. The highest BCUT2D eigenvalue weighted by Crippen LogP contribution is 2.21. The van der Waals surface area contributed by atoms with Gasteiger partial charge in [-0.05, 0) is 6.92 Å². The number of aromatic nitrogens is 3. The van der Waals surface area contributed by atoms with Crippen LogP contribution in [0, 0.1) is 0 Å². The van der Waals surface area contributed by atoms with Crippen LogP contribution in [0.1, 0.15) is 6.92 Å². The fourth-order valence-corrected chi connectivity index (χ4v) is 2.43. The SMILES string of the molecule is C[C@](Cn1ccnn1)([C@@H](NCC=C1OO1)C(=O)O)S(=O)O. The molecule has 1 aromatic heterocycles. The second-order valence-corrected chi connectivity index (χ2v) is 5.96. The number of carboxylic acids is 1. The Bertz CT molecular complexity index is 556. The maximum Gasteiger partial charge on any atom is 0.376 e. The van der Waals surface area contributed by atoms with Gasteiger partial charge in [0.15, 0.2) is 11.1 Å². The van der Waals surface area contributed by atoms with Crippen LogP contribution in [0.2, 0.25) is 0 Å². The molecule has 0 aliphatic carbocycles. The van der Waals surface area contributed by atoms with Gasteiger partial charge in [-0.2, -0.15) is 0 Å². The van der Waals surface area contributed by atoms with E-state index in [4.69, 9.17) is 0 Å². The summed E-state index contributed by atoms with van der Waals surface area (Å²) in [6.45, 7) is 1.40. The summed E-state index contributed by atoms with van der Waals surface area (Å²) < 4.78 is 21.0. The molecule has 116 valence electrons. The second-order valence-electron chi connectivity index (χ2n) is 4.53. The molecule has 1 fully saturated rings. The highest BCUT2D eigenvalue weighted by Gasteiger charge is 2.45. The minimum Gasteiger partial charge on any atom is -0.480 e. The summed E-state index contributed by atoms with van der Waals surface area (Å²) in [5, 5.41) is 19.3. The van der Waals surface area contributed by atoms with E-state index in [1.807, 2.05) is 0 Å². The zero-order valence-electron chi connectivity index (χ0n) is 11.0. The summed E-state index contributed by atoms with van der Waals surface area (Å²) in [7, 11) is 0. The van der Waals surface area contributed by atoms with E-state index in [2.05, 4.69) is 25.4 Å². The quantitative estimate of drug-likeness (QED) is 0.316. The van der Waals surface area contributed by atoms with Crippen molar-refractivity contribution in [3.63, 3.8) is 0 Å². The lowest BCUT2D eigenvalue weighted by Gasteiger charge is -2.31. The van der Waals surface area contributed by atoms with Crippen LogP contribution >= 0.6 is 0 Å². The van der Waals surface area contributed by atoms with Gasteiger partial charge < -0.3 is 9.66 Å². The number of hydrogen-bond donors (Lipinski definition) is 3. The van der Waals surface area contributed by atoms with E-state index < -0.39 is 27.8 Å². The lowest BCUT2D eigenvalue weighted by molar-refractivity contribution is -0.140. The van der Waals surface area contributed by atoms with E-state index in [9.17, 15) is 18.7 Å². The molecule has 1 aliphatic heterocycles. The van der Waals surface area contributed by atoms with Gasteiger partial charge >= 0.3 is 11.9 Å². The summed E-state index contributed by atoms with van der Waals surface area (Å²) in [4.78, 5) is 20.3. The fraction of sp³-hybridized carbons (Fsp3) is 0.500. The molecule has 0 spiro atoms. The van der Waals surface area contributed by atoms with Crippen molar-refractivity contribution >= 4 is 17.0 Å². The third-order valence-corrected chi connectivity index (χ3v) is 4.14. The first-order valence-electron chi connectivity index (χ1n) is 5.89. The predicted molar refractivity (Wildman–Crippen MR) is 68.9 cm³/mol. The molecule has 0 saturated carbocycles. The van der Waals surface area contributed by atoms with Gasteiger partial charge in [0.25, 0.3) is 0 Å². The largest absolute Gasteiger partial charge is 0.480 e. The Hall–Kier alpha value is -1.98. The summed E-state index contributed by atoms with van der Waals surface area (Å²) in [6, 6.07) is -1.29. The molecule has 0 aromatic carbocycles. The lowest BCUT2D eigenvalue weighted by Crippen LogP contribution is -2.58. The number of rotatable bonds is 8. The van der Waals surface area contributed by atoms with Crippen LogP contribution in [0.5, 0.6) is 0 Å². The molecule has 11 heteroatoms. The van der Waals surface area contributed by atoms with Crippen molar-refractivity contribution in [3.8, 4) is 0 Å². The molecule has 0 amide bonds. The molecular weight excluding hydrogens is 304 g/mol. The molecule has 1 aromatic rings. The van der Waals surface area contributed by atoms with Crippen LogP contribution in [0.25, 0.3) is 0 Å². The second kappa shape index (κ2) is 6.20. The van der Waals surface area contributed by atoms with Gasteiger partial charge in [0.2, 0.25) is 0 Å². The topological polar surface area (TPSA) is 142 Å². The Morgan fingerprint density at radius 3 is 2.86 bits per heavy atom. The molecule has 0 bridgehead atoms. The molecular formula is C10H14N4O6S. The van der Waals surface area contributed by atoms with Crippen LogP contribution in [-0.2, 0) is 32.2 Å². The van der Waals surface area contributed by atoms with Gasteiger partial charge in [-0.3, -0.25) is 14.8 Å².